The summed E-state index contributed by atoms with van der Waals surface area (Å²) in [5, 5.41) is 0. The molecule has 0 aromatic rings. The van der Waals surface area contributed by atoms with Gasteiger partial charge in [0, 0.05) is 32.7 Å². The average Bonchev–Trinajstić information content (AvgIpc) is 2.39. The lowest BCUT2D eigenvalue weighted by atomic mass is 10.1. The van der Waals surface area contributed by atoms with Crippen LogP contribution in [-0.4, -0.2) is 71.0 Å². The Morgan fingerprint density at radius 3 is 2.39 bits per heavy atom. The van der Waals surface area contributed by atoms with Gasteiger partial charge in [-0.1, -0.05) is 19.1 Å². The fourth-order valence-corrected chi connectivity index (χ4v) is 2.48. The molecule has 2 amide bonds. The Bertz CT molecular complexity index is 306. The van der Waals surface area contributed by atoms with Crippen molar-refractivity contribution in [3.05, 3.63) is 0 Å². The van der Waals surface area contributed by atoms with E-state index < -0.39 is 0 Å². The van der Waals surface area contributed by atoms with Crippen LogP contribution < -0.4 is 5.73 Å². The Labute approximate surface area is 115 Å². The summed E-state index contributed by atoms with van der Waals surface area (Å²) in [6.07, 6.45) is 0. The molecule has 6 heteroatoms. The molecule has 1 aliphatic rings. The summed E-state index contributed by atoms with van der Waals surface area (Å²) >= 11 is 5.11. The number of rotatable bonds is 4. The zero-order valence-corrected chi connectivity index (χ0v) is 12.4. The molecule has 1 aliphatic heterocycles. The minimum atomic E-state index is -0.137. The molecular weight excluding hydrogens is 248 g/mol. The van der Waals surface area contributed by atoms with Crippen LogP contribution in [0.2, 0.25) is 0 Å². The largest absolute Gasteiger partial charge is 0.392 e. The molecule has 0 spiro atoms. The molecule has 1 unspecified atom stereocenters. The summed E-state index contributed by atoms with van der Waals surface area (Å²) < 4.78 is 0. The van der Waals surface area contributed by atoms with Crippen LogP contribution in [0.4, 0.5) is 4.79 Å². The third-order valence-corrected chi connectivity index (χ3v) is 3.79. The molecular formula is C12H24N4OS. The second-order valence-corrected chi connectivity index (χ2v) is 4.93. The van der Waals surface area contributed by atoms with Gasteiger partial charge in [-0.3, -0.25) is 4.90 Å². The first-order valence-corrected chi connectivity index (χ1v) is 7.03. The normalized spacial score (nSPS) is 20.8. The van der Waals surface area contributed by atoms with Gasteiger partial charge < -0.3 is 15.5 Å². The van der Waals surface area contributed by atoms with Gasteiger partial charge in [-0.25, -0.2) is 4.79 Å². The number of nitrogens with zero attached hydrogens (tertiary/aromatic N) is 3. The monoisotopic (exact) mass is 272 g/mol. The Kier molecular flexibility index (Phi) is 5.81. The number of nitrogens with two attached hydrogens (primary N) is 1. The SMILES string of the molecule is CCN1CCN(C(=O)N(CC)CC)C(C(N)=S)C1. The molecule has 1 heterocycles. The second kappa shape index (κ2) is 6.89. The molecule has 1 rings (SSSR count). The molecule has 1 atom stereocenters. The van der Waals surface area contributed by atoms with Crippen molar-refractivity contribution >= 4 is 23.2 Å². The van der Waals surface area contributed by atoms with Crippen LogP contribution in [0.3, 0.4) is 0 Å². The number of amides is 2. The van der Waals surface area contributed by atoms with Crippen molar-refractivity contribution in [2.45, 2.75) is 26.8 Å². The molecule has 2 N–H and O–H groups in total. The van der Waals surface area contributed by atoms with Crippen LogP contribution >= 0.6 is 12.2 Å². The van der Waals surface area contributed by atoms with Crippen molar-refractivity contribution in [3.63, 3.8) is 0 Å². The van der Waals surface area contributed by atoms with Gasteiger partial charge in [0.15, 0.2) is 0 Å². The highest BCUT2D eigenvalue weighted by Gasteiger charge is 2.33. The fourth-order valence-electron chi connectivity index (χ4n) is 2.27. The van der Waals surface area contributed by atoms with Gasteiger partial charge >= 0.3 is 6.03 Å². The van der Waals surface area contributed by atoms with Gasteiger partial charge in [-0.2, -0.15) is 0 Å². The van der Waals surface area contributed by atoms with Crippen molar-refractivity contribution < 1.29 is 4.79 Å². The molecule has 18 heavy (non-hydrogen) atoms. The first-order chi connectivity index (χ1) is 8.54. The number of carbonyl (C=O) groups excluding carboxylic acids is 1. The molecule has 5 nitrogen and oxygen atoms in total. The Morgan fingerprint density at radius 2 is 1.94 bits per heavy atom. The molecule has 1 fully saturated rings. The maximum absolute atomic E-state index is 12.4. The third kappa shape index (κ3) is 3.32. The number of thiocarbonyl (C=S) groups is 1. The Balaban J connectivity index is 2.79. The molecule has 0 aliphatic carbocycles. The standard InChI is InChI=1S/C12H24N4OS/c1-4-14-7-8-16(10(9-14)11(13)18)12(17)15(5-2)6-3/h10H,4-9H2,1-3H3,(H2,13,18). The summed E-state index contributed by atoms with van der Waals surface area (Å²) in [5.74, 6) is 0. The number of hydrogen-bond donors (Lipinski definition) is 1. The second-order valence-electron chi connectivity index (χ2n) is 4.46. The van der Waals surface area contributed by atoms with E-state index >= 15 is 0 Å². The number of hydrogen-bond acceptors (Lipinski definition) is 3. The first-order valence-electron chi connectivity index (χ1n) is 6.62. The van der Waals surface area contributed by atoms with E-state index in [1.165, 1.54) is 0 Å². The van der Waals surface area contributed by atoms with E-state index in [0.717, 1.165) is 19.6 Å². The minimum absolute atomic E-state index is 0.0496. The van der Waals surface area contributed by atoms with E-state index in [1.54, 1.807) is 0 Å². The molecule has 0 bridgehead atoms. The van der Waals surface area contributed by atoms with E-state index in [1.807, 2.05) is 23.6 Å². The highest BCUT2D eigenvalue weighted by Crippen LogP contribution is 2.13. The summed E-state index contributed by atoms with van der Waals surface area (Å²) in [5.41, 5.74) is 5.79. The number of urea groups is 1. The number of piperazine rings is 1. The lowest BCUT2D eigenvalue weighted by molar-refractivity contribution is 0.101. The average molecular weight is 272 g/mol. The molecule has 0 radical (unpaired) electrons. The van der Waals surface area contributed by atoms with Gasteiger partial charge in [-0.15, -0.1) is 0 Å². The van der Waals surface area contributed by atoms with Crippen LogP contribution in [-0.2, 0) is 0 Å². The molecule has 0 saturated carbocycles. The highest BCUT2D eigenvalue weighted by atomic mass is 32.1. The zero-order chi connectivity index (χ0) is 13.7. The zero-order valence-electron chi connectivity index (χ0n) is 11.6. The summed E-state index contributed by atoms with van der Waals surface area (Å²) in [6.45, 7) is 10.8. The lowest BCUT2D eigenvalue weighted by Gasteiger charge is -2.42. The van der Waals surface area contributed by atoms with Gasteiger partial charge in [0.25, 0.3) is 0 Å². The maximum atomic E-state index is 12.4. The van der Waals surface area contributed by atoms with Crippen molar-refractivity contribution in [2.75, 3.05) is 39.3 Å². The smallest absolute Gasteiger partial charge is 0.320 e. The van der Waals surface area contributed by atoms with Crippen LogP contribution in [0.1, 0.15) is 20.8 Å². The Morgan fingerprint density at radius 1 is 1.33 bits per heavy atom. The van der Waals surface area contributed by atoms with Crippen LogP contribution in [0.15, 0.2) is 0 Å². The predicted octanol–water partition coefficient (Wildman–Crippen LogP) is 0.740. The van der Waals surface area contributed by atoms with Gasteiger partial charge in [0.05, 0.1) is 11.0 Å². The minimum Gasteiger partial charge on any atom is -0.392 e. The quantitative estimate of drug-likeness (QED) is 0.767. The Hall–Kier alpha value is -0.880. The first kappa shape index (κ1) is 15.2. The molecule has 0 aromatic carbocycles. The van der Waals surface area contributed by atoms with Gasteiger partial charge in [0.2, 0.25) is 0 Å². The van der Waals surface area contributed by atoms with Crippen LogP contribution in [0.25, 0.3) is 0 Å². The maximum Gasteiger partial charge on any atom is 0.320 e. The fraction of sp³-hybridized carbons (Fsp3) is 0.833. The summed E-state index contributed by atoms with van der Waals surface area (Å²) in [6, 6.07) is -0.0876. The van der Waals surface area contributed by atoms with E-state index in [-0.39, 0.29) is 12.1 Å². The summed E-state index contributed by atoms with van der Waals surface area (Å²) in [7, 11) is 0. The highest BCUT2D eigenvalue weighted by molar-refractivity contribution is 7.80. The van der Waals surface area contributed by atoms with Crippen molar-refractivity contribution in [1.29, 1.82) is 0 Å². The number of likely N-dealkylation sites (N-methyl/N-ethyl adjacent to an activating group) is 1. The molecule has 104 valence electrons. The van der Waals surface area contributed by atoms with E-state index in [9.17, 15) is 4.79 Å². The topological polar surface area (TPSA) is 52.8 Å². The van der Waals surface area contributed by atoms with Gasteiger partial charge in [-0.05, 0) is 20.4 Å². The summed E-state index contributed by atoms with van der Waals surface area (Å²) in [4.78, 5) is 18.7. The van der Waals surface area contributed by atoms with Crippen molar-refractivity contribution in [2.24, 2.45) is 5.73 Å². The lowest BCUT2D eigenvalue weighted by Crippen LogP contribution is -2.61. The van der Waals surface area contributed by atoms with Crippen LogP contribution in [0.5, 0.6) is 0 Å². The van der Waals surface area contributed by atoms with Gasteiger partial charge in [0.1, 0.15) is 0 Å². The van der Waals surface area contributed by atoms with Crippen molar-refractivity contribution in [3.8, 4) is 0 Å². The predicted molar refractivity (Wildman–Crippen MR) is 77.7 cm³/mol. The number of carbonyl (C=O) groups is 1. The van der Waals surface area contributed by atoms with E-state index in [4.69, 9.17) is 18.0 Å². The van der Waals surface area contributed by atoms with E-state index in [2.05, 4.69) is 11.8 Å². The van der Waals surface area contributed by atoms with E-state index in [0.29, 0.717) is 24.6 Å². The van der Waals surface area contributed by atoms with Crippen molar-refractivity contribution in [1.82, 2.24) is 14.7 Å². The third-order valence-electron chi connectivity index (χ3n) is 3.52. The molecule has 1 saturated heterocycles. The van der Waals surface area contributed by atoms with Crippen LogP contribution in [0, 0.1) is 0 Å². The molecule has 0 aromatic heterocycles.